The van der Waals surface area contributed by atoms with E-state index < -0.39 is 0 Å². The Balaban J connectivity index is 0.000000468. The Morgan fingerprint density at radius 1 is 0.913 bits per heavy atom. The third kappa shape index (κ3) is 14.5. The second-order valence-electron chi connectivity index (χ2n) is 6.68. The molecule has 0 aromatic heterocycles. The van der Waals surface area contributed by atoms with Crippen LogP contribution in [0.1, 0.15) is 104 Å². The Labute approximate surface area is 145 Å². The molecular weight excluding hydrogens is 280 g/mol. The van der Waals surface area contributed by atoms with Gasteiger partial charge < -0.3 is 0 Å². The maximum absolute atomic E-state index is 11.3. The van der Waals surface area contributed by atoms with Gasteiger partial charge in [0.25, 0.3) is 0 Å². The SMILES string of the molecule is C/C=C/CCCCCC.CCCCC/C=C/CC1CCCC1=O. The minimum absolute atomic E-state index is 0.359. The highest BCUT2D eigenvalue weighted by atomic mass is 16.1. The Morgan fingerprint density at radius 3 is 2.17 bits per heavy atom. The van der Waals surface area contributed by atoms with Crippen LogP contribution in [0.4, 0.5) is 0 Å². The van der Waals surface area contributed by atoms with Crippen molar-refractivity contribution in [2.24, 2.45) is 5.92 Å². The highest BCUT2D eigenvalue weighted by molar-refractivity contribution is 5.82. The molecule has 0 N–H and O–H groups in total. The van der Waals surface area contributed by atoms with Crippen molar-refractivity contribution >= 4 is 5.78 Å². The van der Waals surface area contributed by atoms with Gasteiger partial charge in [0, 0.05) is 12.3 Å². The smallest absolute Gasteiger partial charge is 0.136 e. The average Bonchev–Trinajstić information content (AvgIpc) is 2.96. The van der Waals surface area contributed by atoms with Gasteiger partial charge in [-0.3, -0.25) is 4.79 Å². The molecule has 1 unspecified atom stereocenters. The van der Waals surface area contributed by atoms with Crippen LogP contribution in [0.2, 0.25) is 0 Å². The topological polar surface area (TPSA) is 17.1 Å². The molecule has 1 atom stereocenters. The summed E-state index contributed by atoms with van der Waals surface area (Å²) >= 11 is 0. The number of ketones is 1. The predicted molar refractivity (Wildman–Crippen MR) is 104 cm³/mol. The number of hydrogen-bond donors (Lipinski definition) is 0. The molecule has 1 saturated carbocycles. The zero-order valence-corrected chi connectivity index (χ0v) is 16.0. The average molecular weight is 321 g/mol. The molecule has 1 aliphatic rings. The van der Waals surface area contributed by atoms with Crippen molar-refractivity contribution < 1.29 is 4.79 Å². The first kappa shape index (κ1) is 22.1. The largest absolute Gasteiger partial charge is 0.299 e. The lowest BCUT2D eigenvalue weighted by Gasteiger charge is -2.01. The monoisotopic (exact) mass is 320 g/mol. The summed E-state index contributed by atoms with van der Waals surface area (Å²) < 4.78 is 0. The molecule has 0 heterocycles. The van der Waals surface area contributed by atoms with E-state index in [0.717, 1.165) is 25.7 Å². The molecule has 23 heavy (non-hydrogen) atoms. The molecule has 0 aromatic rings. The number of unbranched alkanes of at least 4 members (excludes halogenated alkanes) is 7. The minimum atomic E-state index is 0.359. The summed E-state index contributed by atoms with van der Waals surface area (Å²) in [5.74, 6) is 0.848. The Bertz CT molecular complexity index is 314. The van der Waals surface area contributed by atoms with E-state index in [-0.39, 0.29) is 0 Å². The van der Waals surface area contributed by atoms with Crippen molar-refractivity contribution in [3.05, 3.63) is 24.3 Å². The van der Waals surface area contributed by atoms with Gasteiger partial charge in [-0.15, -0.1) is 0 Å². The van der Waals surface area contributed by atoms with Gasteiger partial charge in [0.2, 0.25) is 0 Å². The first-order chi connectivity index (χ1) is 11.3. The van der Waals surface area contributed by atoms with E-state index in [1.807, 2.05) is 0 Å². The van der Waals surface area contributed by atoms with Gasteiger partial charge in [0.15, 0.2) is 0 Å². The van der Waals surface area contributed by atoms with Gasteiger partial charge in [-0.2, -0.15) is 0 Å². The van der Waals surface area contributed by atoms with Gasteiger partial charge in [-0.05, 0) is 51.9 Å². The fourth-order valence-electron chi connectivity index (χ4n) is 2.88. The lowest BCUT2D eigenvalue weighted by atomic mass is 10.0. The first-order valence-corrected chi connectivity index (χ1v) is 10.0. The molecule has 134 valence electrons. The number of carbonyl (C=O) groups is 1. The zero-order chi connectivity index (χ0) is 17.2. The molecule has 0 saturated heterocycles. The summed E-state index contributed by atoms with van der Waals surface area (Å²) in [5, 5.41) is 0. The number of hydrogen-bond acceptors (Lipinski definition) is 1. The summed E-state index contributed by atoms with van der Waals surface area (Å²) in [6, 6.07) is 0. The third-order valence-electron chi connectivity index (χ3n) is 4.45. The van der Waals surface area contributed by atoms with Gasteiger partial charge >= 0.3 is 0 Å². The summed E-state index contributed by atoms with van der Waals surface area (Å²) in [7, 11) is 0. The van der Waals surface area contributed by atoms with Gasteiger partial charge in [-0.1, -0.05) is 70.3 Å². The molecule has 0 radical (unpaired) electrons. The van der Waals surface area contributed by atoms with Crippen LogP contribution in [0.3, 0.4) is 0 Å². The lowest BCUT2D eigenvalue weighted by Crippen LogP contribution is -2.03. The van der Waals surface area contributed by atoms with Gasteiger partial charge in [-0.25, -0.2) is 0 Å². The van der Waals surface area contributed by atoms with Crippen LogP contribution in [0.25, 0.3) is 0 Å². The summed E-state index contributed by atoms with van der Waals surface area (Å²) in [4.78, 5) is 11.3. The fourth-order valence-corrected chi connectivity index (χ4v) is 2.88. The number of rotatable bonds is 11. The second kappa shape index (κ2) is 17.5. The molecule has 1 heteroatoms. The van der Waals surface area contributed by atoms with Crippen LogP contribution >= 0.6 is 0 Å². The predicted octanol–water partition coefficient (Wildman–Crippen LogP) is 7.42. The zero-order valence-electron chi connectivity index (χ0n) is 16.0. The quantitative estimate of drug-likeness (QED) is 0.286. The van der Waals surface area contributed by atoms with Crippen LogP contribution < -0.4 is 0 Å². The van der Waals surface area contributed by atoms with Crippen LogP contribution in [-0.2, 0) is 4.79 Å². The molecule has 1 fully saturated rings. The highest BCUT2D eigenvalue weighted by Gasteiger charge is 2.22. The van der Waals surface area contributed by atoms with E-state index >= 15 is 0 Å². The third-order valence-corrected chi connectivity index (χ3v) is 4.45. The van der Waals surface area contributed by atoms with Crippen LogP contribution in [0, 0.1) is 5.92 Å². The lowest BCUT2D eigenvalue weighted by molar-refractivity contribution is -0.120. The molecule has 0 spiro atoms. The Hall–Kier alpha value is -0.850. The van der Waals surface area contributed by atoms with Crippen molar-refractivity contribution in [3.63, 3.8) is 0 Å². The Kier molecular flexibility index (Phi) is 16.9. The fraction of sp³-hybridized carbons (Fsp3) is 0.773. The molecule has 0 amide bonds. The van der Waals surface area contributed by atoms with E-state index in [0.29, 0.717) is 11.7 Å². The summed E-state index contributed by atoms with van der Waals surface area (Å²) in [6.07, 6.45) is 24.8. The van der Waals surface area contributed by atoms with Crippen molar-refractivity contribution in [1.29, 1.82) is 0 Å². The molecular formula is C22H40O. The molecule has 0 aromatic carbocycles. The summed E-state index contributed by atoms with van der Waals surface area (Å²) in [6.45, 7) is 6.55. The second-order valence-corrected chi connectivity index (χ2v) is 6.68. The highest BCUT2D eigenvalue weighted by Crippen LogP contribution is 2.24. The van der Waals surface area contributed by atoms with E-state index in [4.69, 9.17) is 0 Å². The van der Waals surface area contributed by atoms with Crippen molar-refractivity contribution in [2.45, 2.75) is 104 Å². The molecule has 1 nitrogen and oxygen atoms in total. The number of carbonyl (C=O) groups excluding carboxylic acids is 1. The maximum Gasteiger partial charge on any atom is 0.136 e. The van der Waals surface area contributed by atoms with Crippen molar-refractivity contribution in [3.8, 4) is 0 Å². The molecule has 1 rings (SSSR count). The first-order valence-electron chi connectivity index (χ1n) is 10.0. The van der Waals surface area contributed by atoms with Gasteiger partial charge in [0.1, 0.15) is 5.78 Å². The normalized spacial score (nSPS) is 17.9. The van der Waals surface area contributed by atoms with E-state index in [1.165, 1.54) is 57.8 Å². The van der Waals surface area contributed by atoms with Crippen molar-refractivity contribution in [2.75, 3.05) is 0 Å². The number of Topliss-reactive ketones (excluding diaryl/α,β-unsaturated/α-hetero) is 1. The van der Waals surface area contributed by atoms with Crippen LogP contribution in [-0.4, -0.2) is 5.78 Å². The van der Waals surface area contributed by atoms with Gasteiger partial charge in [0.05, 0.1) is 0 Å². The minimum Gasteiger partial charge on any atom is -0.299 e. The van der Waals surface area contributed by atoms with E-state index in [2.05, 4.69) is 45.1 Å². The van der Waals surface area contributed by atoms with Crippen LogP contribution in [0.15, 0.2) is 24.3 Å². The van der Waals surface area contributed by atoms with E-state index in [9.17, 15) is 4.79 Å². The molecule has 0 bridgehead atoms. The molecule has 0 aliphatic heterocycles. The number of allylic oxidation sites excluding steroid dienone is 4. The van der Waals surface area contributed by atoms with Crippen molar-refractivity contribution in [1.82, 2.24) is 0 Å². The van der Waals surface area contributed by atoms with Crippen LogP contribution in [0.5, 0.6) is 0 Å². The standard InChI is InChI=1S/C13H22O.C9H18/c1-2-3-4-5-6-7-9-12-10-8-11-13(12)14;1-3-5-7-9-8-6-4-2/h6-7,12H,2-5,8-11H2,1H3;3,5H,4,6-9H2,1-2H3/b7-6+;5-3+. The Morgan fingerprint density at radius 2 is 1.57 bits per heavy atom. The summed E-state index contributed by atoms with van der Waals surface area (Å²) in [5.41, 5.74) is 0. The van der Waals surface area contributed by atoms with E-state index in [1.54, 1.807) is 0 Å². The maximum atomic E-state index is 11.3. The molecule has 1 aliphatic carbocycles.